The topological polar surface area (TPSA) is 76.6 Å². The van der Waals surface area contributed by atoms with Crippen LogP contribution in [0.3, 0.4) is 0 Å². The number of rotatable bonds is 3. The van der Waals surface area contributed by atoms with E-state index < -0.39 is 22.9 Å². The summed E-state index contributed by atoms with van der Waals surface area (Å²) in [5.74, 6) is 0. The second-order valence-corrected chi connectivity index (χ2v) is 7.70. The third-order valence-corrected chi connectivity index (χ3v) is 5.71. The van der Waals surface area contributed by atoms with Crippen LogP contribution in [-0.2, 0) is 6.18 Å². The number of hydrogen-bond acceptors (Lipinski definition) is 4. The van der Waals surface area contributed by atoms with Crippen molar-refractivity contribution in [1.29, 1.82) is 0 Å². The number of hydrogen-bond donors (Lipinski definition) is 3. The van der Waals surface area contributed by atoms with E-state index in [-0.39, 0.29) is 17.9 Å². The summed E-state index contributed by atoms with van der Waals surface area (Å²) in [7, 11) is 0. The van der Waals surface area contributed by atoms with Crippen LogP contribution in [0.25, 0.3) is 22.0 Å². The summed E-state index contributed by atoms with van der Waals surface area (Å²) in [5, 5.41) is 20.4. The second kappa shape index (κ2) is 7.45. The van der Waals surface area contributed by atoms with Crippen LogP contribution < -0.4 is 10.5 Å². The number of piperidine rings is 1. The highest BCUT2D eigenvalue weighted by atomic mass is 19.4. The van der Waals surface area contributed by atoms with E-state index in [1.54, 1.807) is 18.2 Å². The number of aliphatic hydroxyl groups is 2. The van der Waals surface area contributed by atoms with Crippen molar-refractivity contribution >= 4 is 16.5 Å². The van der Waals surface area contributed by atoms with E-state index in [0.29, 0.717) is 36.7 Å². The number of H-pyrrole nitrogens is 1. The highest BCUT2D eigenvalue weighted by molar-refractivity contribution is 5.88. The molecule has 0 saturated carbocycles. The Labute approximate surface area is 170 Å². The first-order chi connectivity index (χ1) is 14.2. The molecular formula is C22H21F3N2O3. The summed E-state index contributed by atoms with van der Waals surface area (Å²) in [6, 6.07) is 11.9. The third kappa shape index (κ3) is 3.80. The molecule has 0 aliphatic carbocycles. The fourth-order valence-corrected chi connectivity index (χ4v) is 3.89. The molecule has 0 amide bonds. The number of aliphatic hydroxyl groups excluding tert-OH is 1. The van der Waals surface area contributed by atoms with Gasteiger partial charge in [-0.15, -0.1) is 0 Å². The molecule has 4 rings (SSSR count). The number of nitrogens with one attached hydrogen (secondary N) is 1. The molecule has 1 aromatic heterocycles. The van der Waals surface area contributed by atoms with Gasteiger partial charge in [-0.3, -0.25) is 4.79 Å². The maximum atomic E-state index is 13.4. The van der Waals surface area contributed by atoms with Crippen LogP contribution in [0.15, 0.2) is 53.3 Å². The van der Waals surface area contributed by atoms with Crippen LogP contribution in [0.5, 0.6) is 0 Å². The summed E-state index contributed by atoms with van der Waals surface area (Å²) in [6.07, 6.45) is -3.72. The largest absolute Gasteiger partial charge is 0.417 e. The average Bonchev–Trinajstić information content (AvgIpc) is 2.73. The quantitative estimate of drug-likeness (QED) is 0.608. The van der Waals surface area contributed by atoms with Gasteiger partial charge >= 0.3 is 6.18 Å². The van der Waals surface area contributed by atoms with Crippen LogP contribution in [0.1, 0.15) is 18.4 Å². The van der Waals surface area contributed by atoms with Crippen molar-refractivity contribution in [1.82, 2.24) is 4.98 Å². The predicted molar refractivity (Wildman–Crippen MR) is 108 cm³/mol. The number of nitrogens with zero attached hydrogens (tertiary/aromatic N) is 1. The smallest absolute Gasteiger partial charge is 0.393 e. The number of anilines is 1. The third-order valence-electron chi connectivity index (χ3n) is 5.71. The van der Waals surface area contributed by atoms with Crippen LogP contribution in [0, 0.1) is 0 Å². The zero-order chi connectivity index (χ0) is 21.5. The van der Waals surface area contributed by atoms with E-state index >= 15 is 0 Å². The van der Waals surface area contributed by atoms with Crippen molar-refractivity contribution in [2.24, 2.45) is 0 Å². The Balaban J connectivity index is 1.71. The van der Waals surface area contributed by atoms with Gasteiger partial charge in [0.15, 0.2) is 0 Å². The Morgan fingerprint density at radius 3 is 2.43 bits per heavy atom. The van der Waals surface area contributed by atoms with Gasteiger partial charge in [-0.2, -0.15) is 13.2 Å². The molecule has 0 unspecified atom stereocenters. The first-order valence-electron chi connectivity index (χ1n) is 9.62. The molecule has 1 aliphatic heterocycles. The number of alkyl halides is 3. The lowest BCUT2D eigenvalue weighted by Crippen LogP contribution is -2.46. The molecule has 1 saturated heterocycles. The van der Waals surface area contributed by atoms with Crippen LogP contribution in [0.2, 0.25) is 0 Å². The van der Waals surface area contributed by atoms with Gasteiger partial charge in [0.2, 0.25) is 0 Å². The summed E-state index contributed by atoms with van der Waals surface area (Å²) in [6.45, 7) is 0.759. The highest BCUT2D eigenvalue weighted by Crippen LogP contribution is 2.36. The zero-order valence-electron chi connectivity index (χ0n) is 16.0. The van der Waals surface area contributed by atoms with Gasteiger partial charge in [-0.25, -0.2) is 0 Å². The fraction of sp³-hybridized carbons (Fsp3) is 0.318. The van der Waals surface area contributed by atoms with Gasteiger partial charge in [-0.1, -0.05) is 24.3 Å². The highest BCUT2D eigenvalue weighted by Gasteiger charge is 2.34. The molecule has 30 heavy (non-hydrogen) atoms. The number of pyridine rings is 1. The first-order valence-corrected chi connectivity index (χ1v) is 9.62. The molecule has 3 aromatic rings. The molecule has 1 fully saturated rings. The molecule has 0 spiro atoms. The maximum absolute atomic E-state index is 13.4. The van der Waals surface area contributed by atoms with Crippen LogP contribution in [0.4, 0.5) is 18.9 Å². The van der Waals surface area contributed by atoms with Gasteiger partial charge in [0, 0.05) is 35.4 Å². The van der Waals surface area contributed by atoms with Gasteiger partial charge < -0.3 is 20.1 Å². The lowest BCUT2D eigenvalue weighted by atomic mass is 9.92. The van der Waals surface area contributed by atoms with Gasteiger partial charge in [0.05, 0.1) is 17.8 Å². The Bertz CT molecular complexity index is 1130. The molecule has 1 aliphatic rings. The van der Waals surface area contributed by atoms with Crippen molar-refractivity contribution in [3.63, 3.8) is 0 Å². The number of benzene rings is 2. The van der Waals surface area contributed by atoms with Crippen molar-refractivity contribution in [2.75, 3.05) is 24.6 Å². The van der Waals surface area contributed by atoms with E-state index in [0.717, 1.165) is 11.8 Å². The Kier molecular flexibility index (Phi) is 5.07. The Morgan fingerprint density at radius 2 is 1.77 bits per heavy atom. The molecule has 0 bridgehead atoms. The van der Waals surface area contributed by atoms with Crippen molar-refractivity contribution in [3.8, 4) is 11.3 Å². The van der Waals surface area contributed by atoms with Crippen LogP contribution in [-0.4, -0.2) is 40.5 Å². The molecule has 3 N–H and O–H groups in total. The monoisotopic (exact) mass is 418 g/mol. The molecule has 0 radical (unpaired) electrons. The molecule has 5 nitrogen and oxygen atoms in total. The molecular weight excluding hydrogens is 397 g/mol. The normalized spacial score (nSPS) is 16.8. The van der Waals surface area contributed by atoms with Crippen molar-refractivity contribution in [2.45, 2.75) is 24.6 Å². The summed E-state index contributed by atoms with van der Waals surface area (Å²) in [4.78, 5) is 17.3. The number of fused-ring (bicyclic) bond motifs is 1. The maximum Gasteiger partial charge on any atom is 0.417 e. The van der Waals surface area contributed by atoms with E-state index in [4.69, 9.17) is 0 Å². The first kappa shape index (κ1) is 20.4. The number of aromatic amines is 1. The van der Waals surface area contributed by atoms with Gasteiger partial charge in [-0.05, 0) is 42.5 Å². The Hall–Kier alpha value is -2.84. The van der Waals surface area contributed by atoms with E-state index in [2.05, 4.69) is 4.98 Å². The predicted octanol–water partition coefficient (Wildman–Crippen LogP) is 3.54. The van der Waals surface area contributed by atoms with Gasteiger partial charge in [0.1, 0.15) is 0 Å². The molecule has 2 heterocycles. The number of aromatic nitrogens is 1. The minimum Gasteiger partial charge on any atom is -0.393 e. The van der Waals surface area contributed by atoms with E-state index in [9.17, 15) is 28.2 Å². The standard InChI is InChI=1S/C22H21F3N2O3/c23-22(24,25)18-4-2-1-3-16(18)19-11-14-5-6-15(12-17(14)20(29)26-19)27-9-7-21(30,13-28)8-10-27/h1-6,11-12,28,30H,7-10,13H2,(H,26,29). The minimum absolute atomic E-state index is 0.0765. The van der Waals surface area contributed by atoms with Crippen LogP contribution >= 0.6 is 0 Å². The van der Waals surface area contributed by atoms with Crippen molar-refractivity contribution < 1.29 is 23.4 Å². The zero-order valence-corrected chi connectivity index (χ0v) is 16.0. The second-order valence-electron chi connectivity index (χ2n) is 7.70. The lowest BCUT2D eigenvalue weighted by Gasteiger charge is -2.38. The van der Waals surface area contributed by atoms with Gasteiger partial charge in [0.25, 0.3) is 5.56 Å². The SMILES string of the molecule is O=c1[nH]c(-c2ccccc2C(F)(F)F)cc2ccc(N3CCC(O)(CO)CC3)cc12. The lowest BCUT2D eigenvalue weighted by molar-refractivity contribution is -0.137. The molecule has 0 atom stereocenters. The van der Waals surface area contributed by atoms with E-state index in [1.807, 2.05) is 11.0 Å². The molecule has 158 valence electrons. The van der Waals surface area contributed by atoms with Crippen molar-refractivity contribution in [3.05, 3.63) is 64.4 Å². The minimum atomic E-state index is -4.53. The Morgan fingerprint density at radius 1 is 1.07 bits per heavy atom. The summed E-state index contributed by atoms with van der Waals surface area (Å²) < 4.78 is 40.1. The summed E-state index contributed by atoms with van der Waals surface area (Å²) in [5.41, 5.74) is -1.53. The molecule has 8 heteroatoms. The average molecular weight is 418 g/mol. The number of halogens is 3. The fourth-order valence-electron chi connectivity index (χ4n) is 3.89. The van der Waals surface area contributed by atoms with E-state index in [1.165, 1.54) is 18.2 Å². The molecule has 2 aromatic carbocycles. The summed E-state index contributed by atoms with van der Waals surface area (Å²) >= 11 is 0.